The van der Waals surface area contributed by atoms with E-state index in [9.17, 15) is 9.59 Å². The van der Waals surface area contributed by atoms with Crippen LogP contribution in [0.3, 0.4) is 0 Å². The third-order valence-corrected chi connectivity index (χ3v) is 3.62. The predicted octanol–water partition coefficient (Wildman–Crippen LogP) is 2.22. The number of fused-ring (bicyclic) bond motifs is 1. The molecule has 0 unspecified atom stereocenters. The monoisotopic (exact) mass is 272 g/mol. The molecular weight excluding hydrogens is 261 g/mol. The summed E-state index contributed by atoms with van der Waals surface area (Å²) >= 11 is 1.32. The van der Waals surface area contributed by atoms with Gasteiger partial charge in [0.2, 0.25) is 0 Å². The van der Waals surface area contributed by atoms with Gasteiger partial charge in [0.15, 0.2) is 5.78 Å². The summed E-state index contributed by atoms with van der Waals surface area (Å²) in [5, 5.41) is 12.6. The van der Waals surface area contributed by atoms with Gasteiger partial charge in [0, 0.05) is 46.7 Å². The topological polar surface area (TPSA) is 66.4 Å². The molecule has 1 aromatic carbocycles. The van der Waals surface area contributed by atoms with Crippen LogP contribution in [0.2, 0.25) is 0 Å². The average molecular weight is 272 g/mol. The zero-order valence-corrected chi connectivity index (χ0v) is 13.0. The summed E-state index contributed by atoms with van der Waals surface area (Å²) in [6.45, 7) is 0. The van der Waals surface area contributed by atoms with Crippen molar-refractivity contribution in [2.24, 2.45) is 0 Å². The molecule has 2 aromatic rings. The van der Waals surface area contributed by atoms with Crippen molar-refractivity contribution in [2.45, 2.75) is 6.42 Å². The third kappa shape index (κ3) is 2.92. The van der Waals surface area contributed by atoms with Crippen LogP contribution in [0.1, 0.15) is 16.1 Å². The van der Waals surface area contributed by atoms with E-state index in [1.54, 1.807) is 7.05 Å². The largest absolute Gasteiger partial charge is 0.481 e. The molecule has 89 valence electrons. The number of ketones is 1. The Morgan fingerprint density at radius 1 is 1.33 bits per heavy atom. The minimum atomic E-state index is -1.10. The van der Waals surface area contributed by atoms with Gasteiger partial charge in [0.25, 0.3) is 0 Å². The van der Waals surface area contributed by atoms with Gasteiger partial charge in [-0.05, 0) is 6.07 Å². The number of carbonyl (C=O) groups is 2. The van der Waals surface area contributed by atoms with Gasteiger partial charge in [0.1, 0.15) is 6.42 Å². The Morgan fingerprint density at radius 2 is 2.00 bits per heavy atom. The number of anilines is 1. The van der Waals surface area contributed by atoms with Crippen molar-refractivity contribution in [3.8, 4) is 0 Å². The number of Topliss-reactive ketones (excluding diaryl/α,β-unsaturated/α-hetero) is 1. The van der Waals surface area contributed by atoms with E-state index in [1.165, 1.54) is 11.3 Å². The van der Waals surface area contributed by atoms with Crippen LogP contribution in [-0.2, 0) is 4.79 Å². The van der Waals surface area contributed by atoms with Gasteiger partial charge in [0.05, 0.1) is 10.6 Å². The van der Waals surface area contributed by atoms with Crippen LogP contribution in [0.4, 0.5) is 5.69 Å². The first-order valence-electron chi connectivity index (χ1n) is 5.07. The SMILES string of the molecule is CNc1c(C(=O)CC(=O)O)sc2ccccc12.[Na]. The Labute approximate surface area is 130 Å². The van der Waals surface area contributed by atoms with Crippen LogP contribution in [0, 0.1) is 0 Å². The number of carboxylic acid groups (broad SMARTS) is 1. The maximum Gasteiger partial charge on any atom is 0.311 e. The normalized spacial score (nSPS) is 9.83. The Bertz CT molecular complexity index is 594. The van der Waals surface area contributed by atoms with E-state index >= 15 is 0 Å². The van der Waals surface area contributed by atoms with E-state index in [2.05, 4.69) is 5.32 Å². The molecule has 2 N–H and O–H groups in total. The molecule has 0 aliphatic carbocycles. The van der Waals surface area contributed by atoms with E-state index in [1.807, 2.05) is 24.3 Å². The fourth-order valence-electron chi connectivity index (χ4n) is 1.71. The second-order valence-corrected chi connectivity index (χ2v) is 4.60. The number of rotatable bonds is 4. The standard InChI is InChI=1S/C12H11NO3S.Na/c1-13-11-7-4-2-3-5-9(7)17-12(11)8(14)6-10(15)16;/h2-5,13H,6H2,1H3,(H,15,16);. The van der Waals surface area contributed by atoms with Crippen LogP contribution in [0.15, 0.2) is 24.3 Å². The molecule has 0 saturated heterocycles. The fourth-order valence-corrected chi connectivity index (χ4v) is 2.85. The van der Waals surface area contributed by atoms with Crippen molar-refractivity contribution in [2.75, 3.05) is 12.4 Å². The minimum absolute atomic E-state index is 0. The van der Waals surface area contributed by atoms with Crippen molar-refractivity contribution in [1.29, 1.82) is 0 Å². The number of aliphatic carboxylic acids is 1. The van der Waals surface area contributed by atoms with Crippen LogP contribution in [0.5, 0.6) is 0 Å². The second kappa shape index (κ2) is 6.33. The molecule has 18 heavy (non-hydrogen) atoms. The summed E-state index contributed by atoms with van der Waals surface area (Å²) in [6.07, 6.45) is -0.471. The number of carbonyl (C=O) groups excluding carboxylic acids is 1. The number of nitrogens with one attached hydrogen (secondary N) is 1. The van der Waals surface area contributed by atoms with Gasteiger partial charge in [-0.15, -0.1) is 11.3 Å². The molecule has 0 aliphatic heterocycles. The quantitative estimate of drug-likeness (QED) is 0.509. The molecule has 6 heteroatoms. The molecule has 2 rings (SSSR count). The van der Waals surface area contributed by atoms with E-state index in [0.29, 0.717) is 4.88 Å². The molecule has 0 bridgehead atoms. The maximum atomic E-state index is 11.8. The molecule has 0 saturated carbocycles. The summed E-state index contributed by atoms with van der Waals surface area (Å²) in [4.78, 5) is 22.8. The number of benzene rings is 1. The summed E-state index contributed by atoms with van der Waals surface area (Å²) in [7, 11) is 1.73. The van der Waals surface area contributed by atoms with Crippen molar-refractivity contribution in [3.05, 3.63) is 29.1 Å². The van der Waals surface area contributed by atoms with Gasteiger partial charge >= 0.3 is 5.97 Å². The minimum Gasteiger partial charge on any atom is -0.481 e. The smallest absolute Gasteiger partial charge is 0.311 e. The molecule has 4 nitrogen and oxygen atoms in total. The predicted molar refractivity (Wildman–Crippen MR) is 73.7 cm³/mol. The van der Waals surface area contributed by atoms with Crippen LogP contribution < -0.4 is 5.32 Å². The first-order valence-corrected chi connectivity index (χ1v) is 5.89. The van der Waals surface area contributed by atoms with E-state index in [-0.39, 0.29) is 35.3 Å². The Hall–Kier alpha value is -0.880. The van der Waals surface area contributed by atoms with E-state index in [0.717, 1.165) is 15.8 Å². The van der Waals surface area contributed by atoms with Crippen LogP contribution >= 0.6 is 11.3 Å². The van der Waals surface area contributed by atoms with Crippen LogP contribution in [-0.4, -0.2) is 53.5 Å². The number of carboxylic acids is 1. The average Bonchev–Trinajstić information content (AvgIpc) is 2.66. The molecule has 1 aromatic heterocycles. The summed E-state index contributed by atoms with van der Waals surface area (Å²) < 4.78 is 0.977. The van der Waals surface area contributed by atoms with Gasteiger partial charge < -0.3 is 10.4 Å². The van der Waals surface area contributed by atoms with Gasteiger partial charge in [-0.25, -0.2) is 0 Å². The maximum absolute atomic E-state index is 11.8. The zero-order chi connectivity index (χ0) is 12.4. The second-order valence-electron chi connectivity index (χ2n) is 3.55. The Morgan fingerprint density at radius 3 is 2.61 bits per heavy atom. The number of hydrogen-bond acceptors (Lipinski definition) is 4. The molecule has 1 heterocycles. The van der Waals surface area contributed by atoms with E-state index < -0.39 is 12.4 Å². The van der Waals surface area contributed by atoms with Crippen molar-refractivity contribution in [1.82, 2.24) is 0 Å². The van der Waals surface area contributed by atoms with Gasteiger partial charge in [-0.1, -0.05) is 18.2 Å². The number of hydrogen-bond donors (Lipinski definition) is 2. The molecule has 1 radical (unpaired) electrons. The van der Waals surface area contributed by atoms with Gasteiger partial charge in [-0.2, -0.15) is 0 Å². The first-order chi connectivity index (χ1) is 8.13. The van der Waals surface area contributed by atoms with E-state index in [4.69, 9.17) is 5.11 Å². The van der Waals surface area contributed by atoms with Crippen LogP contribution in [0.25, 0.3) is 10.1 Å². The Kier molecular flexibility index (Phi) is 5.34. The molecular formula is C12H11NNaO3S. The van der Waals surface area contributed by atoms with Crippen molar-refractivity contribution in [3.63, 3.8) is 0 Å². The zero-order valence-electron chi connectivity index (χ0n) is 10.2. The molecule has 0 fully saturated rings. The molecule has 0 amide bonds. The summed E-state index contributed by atoms with van der Waals surface area (Å²) in [5.41, 5.74) is 0.719. The summed E-state index contributed by atoms with van der Waals surface area (Å²) in [5.74, 6) is -1.46. The molecule has 0 atom stereocenters. The molecule has 0 aliphatic rings. The van der Waals surface area contributed by atoms with Crippen molar-refractivity contribution < 1.29 is 14.7 Å². The first kappa shape index (κ1) is 15.2. The fraction of sp³-hybridized carbons (Fsp3) is 0.167. The van der Waals surface area contributed by atoms with Gasteiger partial charge in [-0.3, -0.25) is 9.59 Å². The summed E-state index contributed by atoms with van der Waals surface area (Å²) in [6, 6.07) is 7.61. The Balaban J connectivity index is 0.00000162. The third-order valence-electron chi connectivity index (χ3n) is 2.41. The molecule has 0 spiro atoms. The van der Waals surface area contributed by atoms with Crippen molar-refractivity contribution >= 4 is 68.4 Å². The number of thiophene rings is 1.